The lowest BCUT2D eigenvalue weighted by molar-refractivity contribution is -0.133. The maximum Gasteiger partial charge on any atom is 0.330 e. The van der Waals surface area contributed by atoms with Crippen LogP contribution >= 0.6 is 0 Å². The molecule has 0 aromatic carbocycles. The molecule has 0 saturated carbocycles. The van der Waals surface area contributed by atoms with Crippen LogP contribution < -0.4 is 21.3 Å². The number of allylic oxidation sites excluding steroid dienone is 2. The molecule has 0 aromatic heterocycles. The van der Waals surface area contributed by atoms with Gasteiger partial charge in [0.15, 0.2) is 0 Å². The van der Waals surface area contributed by atoms with Gasteiger partial charge >= 0.3 is 11.9 Å². The Bertz CT molecular complexity index is 1250. The SMILES string of the molecule is CC(=CCCCCNCCCCCCNCCCCCCCCCCCCCCCCCCCCCCCCCCCCCCCCCCCCCCCCCCCCCCCCNCCCCCCNCCCCC=C(C)C(=O)O)C(=O)O. The zero-order chi connectivity index (χ0) is 60.6. The Morgan fingerprint density at radius 3 is 0.429 bits per heavy atom. The van der Waals surface area contributed by atoms with E-state index in [1.54, 1.807) is 13.8 Å². The van der Waals surface area contributed by atoms with Gasteiger partial charge in [0.1, 0.15) is 0 Å². The minimum absolute atomic E-state index is 0.462. The molecule has 0 atom stereocenters. The van der Waals surface area contributed by atoms with E-state index in [1.165, 1.54) is 373 Å². The Kier molecular flexibility index (Phi) is 72.2. The van der Waals surface area contributed by atoms with Gasteiger partial charge in [-0.05, 0) is 143 Å². The van der Waals surface area contributed by atoms with Gasteiger partial charge in [-0.25, -0.2) is 9.59 Å². The number of carbonyl (C=O) groups is 2. The van der Waals surface area contributed by atoms with E-state index in [4.69, 9.17) is 10.2 Å². The molecule has 84 heavy (non-hydrogen) atoms. The average molecular weight is 1180 g/mol. The summed E-state index contributed by atoms with van der Waals surface area (Å²) in [4.78, 5) is 21.6. The quantitative estimate of drug-likeness (QED) is 0.0263. The van der Waals surface area contributed by atoms with E-state index in [9.17, 15) is 9.59 Å². The van der Waals surface area contributed by atoms with E-state index in [2.05, 4.69) is 21.3 Å². The van der Waals surface area contributed by atoms with Crippen LogP contribution in [0.5, 0.6) is 0 Å². The van der Waals surface area contributed by atoms with Gasteiger partial charge in [0.25, 0.3) is 0 Å². The van der Waals surface area contributed by atoms with Gasteiger partial charge in [-0.1, -0.05) is 320 Å². The van der Waals surface area contributed by atoms with Gasteiger partial charge in [0, 0.05) is 11.1 Å². The Morgan fingerprint density at radius 2 is 0.310 bits per heavy atom. The first-order valence-electron chi connectivity index (χ1n) is 38.1. The molecule has 0 saturated heterocycles. The number of hydrogen-bond acceptors (Lipinski definition) is 6. The van der Waals surface area contributed by atoms with Crippen molar-refractivity contribution in [3.63, 3.8) is 0 Å². The third-order valence-electron chi connectivity index (χ3n) is 18.1. The average Bonchev–Trinajstić information content (AvgIpc) is 3.49. The molecule has 0 radical (unpaired) electrons. The van der Waals surface area contributed by atoms with Gasteiger partial charge in [-0.3, -0.25) is 0 Å². The zero-order valence-corrected chi connectivity index (χ0v) is 56.9. The van der Waals surface area contributed by atoms with Crippen LogP contribution in [-0.2, 0) is 9.59 Å². The van der Waals surface area contributed by atoms with Crippen molar-refractivity contribution in [3.8, 4) is 0 Å². The van der Waals surface area contributed by atoms with E-state index in [0.717, 1.165) is 64.7 Å². The second kappa shape index (κ2) is 73.7. The highest BCUT2D eigenvalue weighted by atomic mass is 16.4. The summed E-state index contributed by atoms with van der Waals surface area (Å²) in [7, 11) is 0. The highest BCUT2D eigenvalue weighted by Crippen LogP contribution is 2.19. The van der Waals surface area contributed by atoms with E-state index in [1.807, 2.05) is 12.2 Å². The first kappa shape index (κ1) is 82.3. The van der Waals surface area contributed by atoms with Crippen molar-refractivity contribution in [1.29, 1.82) is 0 Å². The summed E-state index contributed by atoms with van der Waals surface area (Å²) in [6.45, 7) is 12.4. The number of rotatable bonds is 75. The van der Waals surface area contributed by atoms with Crippen molar-refractivity contribution in [2.45, 2.75) is 399 Å². The van der Waals surface area contributed by atoms with Gasteiger partial charge in [0.05, 0.1) is 0 Å². The Hall–Kier alpha value is -1.74. The molecule has 0 unspecified atom stereocenters. The molecule has 0 aliphatic rings. The van der Waals surface area contributed by atoms with Crippen LogP contribution in [0.3, 0.4) is 0 Å². The first-order chi connectivity index (χ1) is 41.4. The minimum atomic E-state index is -0.801. The lowest BCUT2D eigenvalue weighted by Crippen LogP contribution is -2.17. The zero-order valence-electron chi connectivity index (χ0n) is 56.9. The van der Waals surface area contributed by atoms with Crippen molar-refractivity contribution in [3.05, 3.63) is 23.3 Å². The molecular weight excluding hydrogens is 1030 g/mol. The monoisotopic (exact) mass is 1180 g/mol. The largest absolute Gasteiger partial charge is 0.478 e. The molecule has 0 amide bonds. The van der Waals surface area contributed by atoms with E-state index < -0.39 is 11.9 Å². The fourth-order valence-corrected chi connectivity index (χ4v) is 12.1. The fraction of sp³-hybridized carbons (Fsp3) is 0.921. The van der Waals surface area contributed by atoms with Crippen molar-refractivity contribution in [2.24, 2.45) is 0 Å². The van der Waals surface area contributed by atoms with Crippen molar-refractivity contribution in [2.75, 3.05) is 52.4 Å². The lowest BCUT2D eigenvalue weighted by atomic mass is 10.0. The standard InChI is InChI=1S/C76H150N4O4/c1-73(75(81)82)63-53-51-61-71-79-69-59-49-47-57-67-77-65-55-45-43-41-39-37-35-33-31-29-27-25-23-21-19-17-15-13-11-9-7-5-3-4-6-8-10-12-14-16-18-20-22-24-26-28-30-32-34-36-38-40-42-44-46-56-66-78-68-58-48-50-60-70-80-72-62-52-54-64-74(2)76(83)84/h63-64,77-80H,3-62,65-72H2,1-2H3,(H,81,82)(H,83,84). The molecule has 0 aliphatic heterocycles. The Balaban J connectivity index is 3.11. The molecule has 6 N–H and O–H groups in total. The van der Waals surface area contributed by atoms with E-state index in [0.29, 0.717) is 11.1 Å². The number of unbranched alkanes of at least 4 members (excludes halogenated alkanes) is 55. The maximum absolute atomic E-state index is 10.8. The topological polar surface area (TPSA) is 123 Å². The minimum Gasteiger partial charge on any atom is -0.478 e. The highest BCUT2D eigenvalue weighted by molar-refractivity contribution is 5.86. The number of nitrogens with one attached hydrogen (secondary N) is 4. The third kappa shape index (κ3) is 72.7. The lowest BCUT2D eigenvalue weighted by Gasteiger charge is -2.06. The Morgan fingerprint density at radius 1 is 0.202 bits per heavy atom. The van der Waals surface area contributed by atoms with Gasteiger partial charge in [-0.2, -0.15) is 0 Å². The predicted octanol–water partition coefficient (Wildman–Crippen LogP) is 22.8. The van der Waals surface area contributed by atoms with Gasteiger partial charge in [0.2, 0.25) is 0 Å². The number of aliphatic carboxylic acids is 2. The first-order valence-corrected chi connectivity index (χ1v) is 38.1. The third-order valence-corrected chi connectivity index (χ3v) is 18.1. The van der Waals surface area contributed by atoms with Gasteiger partial charge in [-0.15, -0.1) is 0 Å². The van der Waals surface area contributed by atoms with Crippen molar-refractivity contribution >= 4 is 11.9 Å². The summed E-state index contributed by atoms with van der Waals surface area (Å²) in [5, 5.41) is 32.1. The molecule has 0 spiro atoms. The fourth-order valence-electron chi connectivity index (χ4n) is 12.1. The van der Waals surface area contributed by atoms with Crippen LogP contribution in [0.1, 0.15) is 399 Å². The van der Waals surface area contributed by atoms with Crippen molar-refractivity contribution < 1.29 is 19.8 Å². The highest BCUT2D eigenvalue weighted by Gasteiger charge is 2.03. The smallest absolute Gasteiger partial charge is 0.330 e. The van der Waals surface area contributed by atoms with Crippen LogP contribution in [0.2, 0.25) is 0 Å². The second-order valence-electron chi connectivity index (χ2n) is 26.5. The van der Waals surface area contributed by atoms with Gasteiger partial charge < -0.3 is 31.5 Å². The second-order valence-corrected chi connectivity index (χ2v) is 26.5. The molecule has 0 aliphatic carbocycles. The summed E-state index contributed by atoms with van der Waals surface area (Å²) in [6, 6.07) is 0. The summed E-state index contributed by atoms with van der Waals surface area (Å²) in [5.74, 6) is -1.60. The van der Waals surface area contributed by atoms with Crippen LogP contribution in [0, 0.1) is 0 Å². The number of carboxylic acids is 2. The molecule has 8 nitrogen and oxygen atoms in total. The summed E-state index contributed by atoms with van der Waals surface area (Å²) >= 11 is 0. The molecule has 0 heterocycles. The Labute approximate surface area is 525 Å². The summed E-state index contributed by atoms with van der Waals surface area (Å²) < 4.78 is 0. The molecule has 0 fully saturated rings. The van der Waals surface area contributed by atoms with E-state index >= 15 is 0 Å². The van der Waals surface area contributed by atoms with Crippen LogP contribution in [0.25, 0.3) is 0 Å². The van der Waals surface area contributed by atoms with Crippen LogP contribution in [0.4, 0.5) is 0 Å². The van der Waals surface area contributed by atoms with Crippen LogP contribution in [0.15, 0.2) is 23.3 Å². The molecule has 0 aromatic rings. The summed E-state index contributed by atoms with van der Waals surface area (Å²) in [6.07, 6.45) is 87.3. The molecule has 8 heteroatoms. The normalized spacial score (nSPS) is 12.1. The molecule has 498 valence electrons. The number of hydrogen-bond donors (Lipinski definition) is 6. The van der Waals surface area contributed by atoms with E-state index in [-0.39, 0.29) is 0 Å². The maximum atomic E-state index is 10.8. The van der Waals surface area contributed by atoms with Crippen LogP contribution in [-0.4, -0.2) is 74.5 Å². The molecule has 0 bridgehead atoms. The molecule has 0 rings (SSSR count). The predicted molar refractivity (Wildman–Crippen MR) is 371 cm³/mol. The molecular formula is C76H150N4O4. The van der Waals surface area contributed by atoms with Crippen molar-refractivity contribution in [1.82, 2.24) is 21.3 Å². The number of carboxylic acid groups (broad SMARTS) is 2. The summed E-state index contributed by atoms with van der Waals surface area (Å²) in [5.41, 5.74) is 0.924.